The molecule has 0 spiro atoms. The second-order valence-corrected chi connectivity index (χ2v) is 5.00. The van der Waals surface area contributed by atoms with Crippen LogP contribution in [0.2, 0.25) is 0 Å². The van der Waals surface area contributed by atoms with Gasteiger partial charge in [0, 0.05) is 18.9 Å². The monoisotopic (exact) mass is 273 g/mol. The first-order valence-electron chi connectivity index (χ1n) is 7.30. The maximum Gasteiger partial charge on any atom is 0.0802 e. The van der Waals surface area contributed by atoms with E-state index in [0.717, 1.165) is 31.6 Å². The fourth-order valence-corrected chi connectivity index (χ4v) is 2.35. The molecule has 1 atom stereocenters. The van der Waals surface area contributed by atoms with Gasteiger partial charge in [-0.15, -0.1) is 5.10 Å². The third-order valence-corrected chi connectivity index (χ3v) is 3.35. The maximum atomic E-state index is 4.20. The molecule has 0 aliphatic heterocycles. The molecular weight excluding hydrogens is 250 g/mol. The summed E-state index contributed by atoms with van der Waals surface area (Å²) in [7, 11) is 0. The zero-order chi connectivity index (χ0) is 14.4. The van der Waals surface area contributed by atoms with Crippen LogP contribution in [0.25, 0.3) is 0 Å². The third-order valence-electron chi connectivity index (χ3n) is 3.35. The largest absolute Gasteiger partial charge is 0.305 e. The Balaban J connectivity index is 2.37. The van der Waals surface area contributed by atoms with Gasteiger partial charge in [-0.25, -0.2) is 4.68 Å². The summed E-state index contributed by atoms with van der Waals surface area (Å²) < 4.78 is 1.99. The average molecular weight is 273 g/mol. The van der Waals surface area contributed by atoms with E-state index < -0.39 is 0 Å². The topological polar surface area (TPSA) is 55.6 Å². The van der Waals surface area contributed by atoms with E-state index in [1.165, 1.54) is 11.1 Å². The van der Waals surface area contributed by atoms with Crippen LogP contribution >= 0.6 is 0 Å². The lowest BCUT2D eigenvalue weighted by atomic mass is 10.0. The van der Waals surface area contributed by atoms with E-state index in [0.29, 0.717) is 0 Å². The van der Waals surface area contributed by atoms with Gasteiger partial charge in [0.1, 0.15) is 0 Å². The number of aryl methyl sites for hydroxylation is 2. The molecule has 5 heteroatoms. The van der Waals surface area contributed by atoms with Crippen LogP contribution in [0, 0.1) is 6.92 Å². The molecule has 0 fully saturated rings. The molecule has 2 heterocycles. The summed E-state index contributed by atoms with van der Waals surface area (Å²) in [4.78, 5) is 4.18. The molecule has 0 aromatic carbocycles. The van der Waals surface area contributed by atoms with Crippen molar-refractivity contribution < 1.29 is 0 Å². The van der Waals surface area contributed by atoms with Crippen molar-refractivity contribution in [2.24, 2.45) is 0 Å². The van der Waals surface area contributed by atoms with Crippen molar-refractivity contribution in [3.05, 3.63) is 41.5 Å². The van der Waals surface area contributed by atoms with Gasteiger partial charge in [-0.3, -0.25) is 4.98 Å². The van der Waals surface area contributed by atoms with Crippen molar-refractivity contribution in [3.63, 3.8) is 0 Å². The van der Waals surface area contributed by atoms with E-state index in [4.69, 9.17) is 0 Å². The van der Waals surface area contributed by atoms with Gasteiger partial charge in [0.25, 0.3) is 0 Å². The molecule has 0 saturated carbocycles. The molecule has 0 aliphatic carbocycles. The Morgan fingerprint density at radius 1 is 1.25 bits per heavy atom. The fraction of sp³-hybridized carbons (Fsp3) is 0.533. The van der Waals surface area contributed by atoms with Crippen molar-refractivity contribution in [1.82, 2.24) is 25.3 Å². The molecule has 2 aromatic rings. The average Bonchev–Trinajstić information content (AvgIpc) is 2.90. The molecule has 5 nitrogen and oxygen atoms in total. The summed E-state index contributed by atoms with van der Waals surface area (Å²) in [5.41, 5.74) is 3.55. The van der Waals surface area contributed by atoms with E-state index in [1.807, 2.05) is 23.3 Å². The number of pyridine rings is 1. The Hall–Kier alpha value is -1.75. The highest BCUT2D eigenvalue weighted by molar-refractivity contribution is 5.31. The predicted molar refractivity (Wildman–Crippen MR) is 79.4 cm³/mol. The zero-order valence-electron chi connectivity index (χ0n) is 12.5. The molecule has 0 aliphatic rings. The first-order chi connectivity index (χ1) is 9.77. The number of rotatable bonds is 7. The lowest BCUT2D eigenvalue weighted by Crippen LogP contribution is -2.26. The van der Waals surface area contributed by atoms with Crippen molar-refractivity contribution in [2.75, 3.05) is 6.54 Å². The summed E-state index contributed by atoms with van der Waals surface area (Å²) in [6.45, 7) is 8.27. The van der Waals surface area contributed by atoms with Gasteiger partial charge >= 0.3 is 0 Å². The van der Waals surface area contributed by atoms with Crippen LogP contribution in [-0.2, 0) is 6.54 Å². The highest BCUT2D eigenvalue weighted by Crippen LogP contribution is 2.23. The van der Waals surface area contributed by atoms with Gasteiger partial charge in [0.05, 0.1) is 17.9 Å². The molecule has 20 heavy (non-hydrogen) atoms. The minimum atomic E-state index is 0.125. The highest BCUT2D eigenvalue weighted by Gasteiger charge is 2.19. The van der Waals surface area contributed by atoms with E-state index >= 15 is 0 Å². The summed E-state index contributed by atoms with van der Waals surface area (Å²) in [6.07, 6.45) is 7.76. The Kier molecular flexibility index (Phi) is 5.24. The van der Waals surface area contributed by atoms with E-state index in [-0.39, 0.29) is 6.04 Å². The van der Waals surface area contributed by atoms with Crippen molar-refractivity contribution in [1.29, 1.82) is 0 Å². The molecule has 1 N–H and O–H groups in total. The maximum absolute atomic E-state index is 4.20. The van der Waals surface area contributed by atoms with E-state index in [2.05, 4.69) is 47.5 Å². The van der Waals surface area contributed by atoms with E-state index in [1.54, 1.807) is 0 Å². The number of hydrogen-bond acceptors (Lipinski definition) is 4. The SMILES string of the molecule is CCCNC(c1ccncc1C)c1cnnn1CCC. The molecule has 2 aromatic heterocycles. The standard InChI is InChI=1S/C15H23N5/c1-4-7-17-15(13-6-8-16-10-12(13)3)14-11-18-19-20(14)9-5-2/h6,8,10-11,15,17H,4-5,7,9H2,1-3H3. The molecule has 2 rings (SSSR count). The van der Waals surface area contributed by atoms with Crippen molar-refractivity contribution in [3.8, 4) is 0 Å². The lowest BCUT2D eigenvalue weighted by molar-refractivity contribution is 0.503. The second kappa shape index (κ2) is 7.14. The van der Waals surface area contributed by atoms with Gasteiger partial charge in [0.2, 0.25) is 0 Å². The molecular formula is C15H23N5. The lowest BCUT2D eigenvalue weighted by Gasteiger charge is -2.21. The van der Waals surface area contributed by atoms with E-state index in [9.17, 15) is 0 Å². The van der Waals surface area contributed by atoms with Gasteiger partial charge in [-0.05, 0) is 43.5 Å². The Morgan fingerprint density at radius 2 is 2.10 bits per heavy atom. The second-order valence-electron chi connectivity index (χ2n) is 5.00. The fourth-order valence-electron chi connectivity index (χ4n) is 2.35. The molecule has 108 valence electrons. The van der Waals surface area contributed by atoms with Crippen LogP contribution in [0.5, 0.6) is 0 Å². The summed E-state index contributed by atoms with van der Waals surface area (Å²) in [5.74, 6) is 0. The van der Waals surface area contributed by atoms with Crippen molar-refractivity contribution in [2.45, 2.75) is 46.2 Å². The van der Waals surface area contributed by atoms with Gasteiger partial charge in [-0.2, -0.15) is 0 Å². The Morgan fingerprint density at radius 3 is 2.80 bits per heavy atom. The van der Waals surface area contributed by atoms with Crippen LogP contribution in [0.4, 0.5) is 0 Å². The quantitative estimate of drug-likeness (QED) is 0.842. The van der Waals surface area contributed by atoms with Crippen LogP contribution in [0.1, 0.15) is 49.6 Å². The zero-order valence-corrected chi connectivity index (χ0v) is 12.5. The van der Waals surface area contributed by atoms with Crippen molar-refractivity contribution >= 4 is 0 Å². The van der Waals surface area contributed by atoms with Gasteiger partial charge in [-0.1, -0.05) is 19.1 Å². The van der Waals surface area contributed by atoms with Crippen LogP contribution in [-0.4, -0.2) is 26.5 Å². The smallest absolute Gasteiger partial charge is 0.0802 e. The summed E-state index contributed by atoms with van der Waals surface area (Å²) in [5, 5.41) is 11.9. The van der Waals surface area contributed by atoms with Crippen LogP contribution < -0.4 is 5.32 Å². The molecule has 0 radical (unpaired) electrons. The third kappa shape index (κ3) is 3.22. The first-order valence-corrected chi connectivity index (χ1v) is 7.30. The number of nitrogens with one attached hydrogen (secondary N) is 1. The number of nitrogens with zero attached hydrogens (tertiary/aromatic N) is 4. The highest BCUT2D eigenvalue weighted by atomic mass is 15.4. The molecule has 0 bridgehead atoms. The minimum Gasteiger partial charge on any atom is -0.305 e. The number of hydrogen-bond donors (Lipinski definition) is 1. The summed E-state index contributed by atoms with van der Waals surface area (Å²) in [6, 6.07) is 2.20. The predicted octanol–water partition coefficient (Wildman–Crippen LogP) is 2.48. The van der Waals surface area contributed by atoms with Crippen LogP contribution in [0.15, 0.2) is 24.7 Å². The molecule has 1 unspecified atom stereocenters. The molecule has 0 saturated heterocycles. The summed E-state index contributed by atoms with van der Waals surface area (Å²) >= 11 is 0. The Bertz CT molecular complexity index is 535. The van der Waals surface area contributed by atoms with Crippen LogP contribution in [0.3, 0.4) is 0 Å². The Labute approximate surface area is 120 Å². The minimum absolute atomic E-state index is 0.125. The normalized spacial score (nSPS) is 12.6. The molecule has 0 amide bonds. The van der Waals surface area contributed by atoms with Gasteiger partial charge in [0.15, 0.2) is 0 Å². The first kappa shape index (κ1) is 14.7. The number of aromatic nitrogens is 4. The van der Waals surface area contributed by atoms with Gasteiger partial charge < -0.3 is 5.32 Å².